The monoisotopic (exact) mass is 270 g/mol. The summed E-state index contributed by atoms with van der Waals surface area (Å²) in [7, 11) is -3.11. The van der Waals surface area contributed by atoms with E-state index in [4.69, 9.17) is 0 Å². The van der Waals surface area contributed by atoms with E-state index in [0.717, 1.165) is 24.2 Å². The molecule has 0 radical (unpaired) electrons. The minimum atomic E-state index is -3.11. The molecule has 0 atom stereocenters. The Hall–Kier alpha value is -1.07. The van der Waals surface area contributed by atoms with Crippen LogP contribution in [0.5, 0.6) is 0 Å². The largest absolute Gasteiger partial charge is 0.385 e. The first kappa shape index (κ1) is 15.0. The maximum atomic E-state index is 11.0. The van der Waals surface area contributed by atoms with Crippen molar-refractivity contribution in [2.24, 2.45) is 0 Å². The van der Waals surface area contributed by atoms with E-state index in [9.17, 15) is 8.42 Å². The van der Waals surface area contributed by atoms with Crippen molar-refractivity contribution in [3.63, 3.8) is 0 Å². The van der Waals surface area contributed by atoms with Gasteiger partial charge < -0.3 is 5.32 Å². The topological polar surface area (TPSA) is 58.2 Å². The van der Waals surface area contributed by atoms with Gasteiger partial charge in [-0.2, -0.15) is 0 Å². The molecule has 0 bridgehead atoms. The summed E-state index contributed by atoms with van der Waals surface area (Å²) in [4.78, 5) is 0. The van der Waals surface area contributed by atoms with Gasteiger partial charge in [0.1, 0.15) is 0 Å². The minimum Gasteiger partial charge on any atom is -0.385 e. The van der Waals surface area contributed by atoms with Crippen LogP contribution in [0.2, 0.25) is 0 Å². The molecule has 0 amide bonds. The van der Waals surface area contributed by atoms with Crippen LogP contribution >= 0.6 is 0 Å². The maximum Gasteiger partial charge on any atom is 0.208 e. The minimum absolute atomic E-state index is 0.435. The average Bonchev–Trinajstić information content (AvgIpc) is 2.30. The molecule has 18 heavy (non-hydrogen) atoms. The highest BCUT2D eigenvalue weighted by atomic mass is 32.2. The van der Waals surface area contributed by atoms with E-state index in [0.29, 0.717) is 13.0 Å². The Kier molecular flexibility index (Phi) is 5.62. The van der Waals surface area contributed by atoms with Crippen LogP contribution in [0.3, 0.4) is 0 Å². The summed E-state index contributed by atoms with van der Waals surface area (Å²) < 4.78 is 24.6. The lowest BCUT2D eigenvalue weighted by Gasteiger charge is -2.12. The molecule has 0 aliphatic heterocycles. The van der Waals surface area contributed by atoms with Gasteiger partial charge in [-0.25, -0.2) is 13.1 Å². The lowest BCUT2D eigenvalue weighted by atomic mass is 10.0. The van der Waals surface area contributed by atoms with Crippen LogP contribution in [0.4, 0.5) is 5.69 Å². The van der Waals surface area contributed by atoms with E-state index in [2.05, 4.69) is 35.2 Å². The standard InChI is InChI=1S/C13H22N2O2S/c1-4-11-6-7-13(14-5-2)12(10-11)8-9-15-18(3,16)17/h6-7,10,14-15H,4-5,8-9H2,1-3H3. The van der Waals surface area contributed by atoms with Crippen molar-refractivity contribution in [1.29, 1.82) is 0 Å². The zero-order chi connectivity index (χ0) is 13.6. The molecule has 0 saturated carbocycles. The summed E-state index contributed by atoms with van der Waals surface area (Å²) in [6, 6.07) is 6.31. The molecule has 1 aromatic carbocycles. The predicted molar refractivity (Wildman–Crippen MR) is 76.5 cm³/mol. The highest BCUT2D eigenvalue weighted by Gasteiger charge is 2.05. The van der Waals surface area contributed by atoms with Crippen molar-refractivity contribution in [3.05, 3.63) is 29.3 Å². The van der Waals surface area contributed by atoms with Crippen molar-refractivity contribution in [1.82, 2.24) is 4.72 Å². The molecule has 0 saturated heterocycles. The third-order valence-corrected chi connectivity index (χ3v) is 3.43. The fourth-order valence-corrected chi connectivity index (χ4v) is 2.28. The molecule has 1 rings (SSSR count). The highest BCUT2D eigenvalue weighted by Crippen LogP contribution is 2.18. The van der Waals surface area contributed by atoms with E-state index in [-0.39, 0.29) is 0 Å². The van der Waals surface area contributed by atoms with Gasteiger partial charge >= 0.3 is 0 Å². The number of nitrogens with one attached hydrogen (secondary N) is 2. The molecule has 102 valence electrons. The second-order valence-electron chi connectivity index (χ2n) is 4.29. The van der Waals surface area contributed by atoms with Gasteiger partial charge in [0.25, 0.3) is 0 Å². The molecule has 5 heteroatoms. The van der Waals surface area contributed by atoms with Crippen LogP contribution < -0.4 is 10.0 Å². The van der Waals surface area contributed by atoms with E-state index < -0.39 is 10.0 Å². The van der Waals surface area contributed by atoms with Crippen LogP contribution in [-0.4, -0.2) is 27.8 Å². The fraction of sp³-hybridized carbons (Fsp3) is 0.538. The molecule has 2 N–H and O–H groups in total. The van der Waals surface area contributed by atoms with E-state index in [1.54, 1.807) is 0 Å². The number of sulfonamides is 1. The molecule has 0 heterocycles. The number of rotatable bonds is 7. The lowest BCUT2D eigenvalue weighted by molar-refractivity contribution is 0.588. The Morgan fingerprint density at radius 3 is 2.50 bits per heavy atom. The first-order valence-electron chi connectivity index (χ1n) is 6.26. The van der Waals surface area contributed by atoms with Crippen LogP contribution in [0.25, 0.3) is 0 Å². The summed E-state index contributed by atoms with van der Waals surface area (Å²) in [6.45, 7) is 5.45. The van der Waals surface area contributed by atoms with Crippen molar-refractivity contribution >= 4 is 15.7 Å². The zero-order valence-corrected chi connectivity index (χ0v) is 12.1. The van der Waals surface area contributed by atoms with Gasteiger partial charge in [0.05, 0.1) is 6.26 Å². The van der Waals surface area contributed by atoms with Crippen molar-refractivity contribution in [2.75, 3.05) is 24.7 Å². The summed E-state index contributed by atoms with van der Waals surface area (Å²) in [5, 5.41) is 3.30. The van der Waals surface area contributed by atoms with Crippen LogP contribution in [0, 0.1) is 0 Å². The second kappa shape index (κ2) is 6.75. The van der Waals surface area contributed by atoms with E-state index >= 15 is 0 Å². The molecular formula is C13H22N2O2S. The number of aryl methyl sites for hydroxylation is 1. The zero-order valence-electron chi connectivity index (χ0n) is 11.3. The summed E-state index contributed by atoms with van der Waals surface area (Å²) in [5.41, 5.74) is 3.52. The quantitative estimate of drug-likeness (QED) is 0.794. The number of benzene rings is 1. The lowest BCUT2D eigenvalue weighted by Crippen LogP contribution is -2.24. The van der Waals surface area contributed by atoms with Gasteiger partial charge in [-0.1, -0.05) is 19.1 Å². The van der Waals surface area contributed by atoms with Gasteiger partial charge in [-0.3, -0.25) is 0 Å². The van der Waals surface area contributed by atoms with Crippen molar-refractivity contribution < 1.29 is 8.42 Å². The smallest absolute Gasteiger partial charge is 0.208 e. The molecule has 0 unspecified atom stereocenters. The van der Waals surface area contributed by atoms with Crippen LogP contribution in [-0.2, 0) is 22.9 Å². The van der Waals surface area contributed by atoms with Crippen molar-refractivity contribution in [2.45, 2.75) is 26.7 Å². The first-order chi connectivity index (χ1) is 8.46. The second-order valence-corrected chi connectivity index (χ2v) is 6.12. The molecule has 0 aliphatic rings. The molecule has 1 aromatic rings. The SMILES string of the molecule is CCNc1ccc(CC)cc1CCNS(C)(=O)=O. The third kappa shape index (κ3) is 5.06. The molecule has 0 aliphatic carbocycles. The molecule has 0 spiro atoms. The molecular weight excluding hydrogens is 248 g/mol. The van der Waals surface area contributed by atoms with E-state index in [1.807, 2.05) is 6.92 Å². The Balaban J connectivity index is 2.77. The maximum absolute atomic E-state index is 11.0. The average molecular weight is 270 g/mol. The van der Waals surface area contributed by atoms with E-state index in [1.165, 1.54) is 11.8 Å². The molecule has 4 nitrogen and oxygen atoms in total. The summed E-state index contributed by atoms with van der Waals surface area (Å²) in [6.07, 6.45) is 2.86. The summed E-state index contributed by atoms with van der Waals surface area (Å²) in [5.74, 6) is 0. The highest BCUT2D eigenvalue weighted by molar-refractivity contribution is 7.88. The van der Waals surface area contributed by atoms with Crippen LogP contribution in [0.15, 0.2) is 18.2 Å². The Bertz CT molecular complexity index is 484. The Morgan fingerprint density at radius 1 is 1.22 bits per heavy atom. The first-order valence-corrected chi connectivity index (χ1v) is 8.15. The normalized spacial score (nSPS) is 11.5. The van der Waals surface area contributed by atoms with Gasteiger partial charge in [-0.05, 0) is 37.0 Å². The number of hydrogen-bond acceptors (Lipinski definition) is 3. The van der Waals surface area contributed by atoms with Gasteiger partial charge in [0.15, 0.2) is 0 Å². The predicted octanol–water partition coefficient (Wildman–Crippen LogP) is 1.77. The van der Waals surface area contributed by atoms with Gasteiger partial charge in [0, 0.05) is 18.8 Å². The fourth-order valence-electron chi connectivity index (χ4n) is 1.81. The van der Waals surface area contributed by atoms with Crippen molar-refractivity contribution in [3.8, 4) is 0 Å². The Morgan fingerprint density at radius 2 is 1.94 bits per heavy atom. The van der Waals surface area contributed by atoms with Gasteiger partial charge in [0.2, 0.25) is 10.0 Å². The third-order valence-electron chi connectivity index (χ3n) is 2.70. The molecule has 0 fully saturated rings. The van der Waals surface area contributed by atoms with Gasteiger partial charge in [-0.15, -0.1) is 0 Å². The molecule has 0 aromatic heterocycles. The number of hydrogen-bond donors (Lipinski definition) is 2. The number of anilines is 1. The Labute approximate surface area is 110 Å². The summed E-state index contributed by atoms with van der Waals surface area (Å²) >= 11 is 0. The van der Waals surface area contributed by atoms with Crippen LogP contribution in [0.1, 0.15) is 25.0 Å².